The molecule has 1 N–H and O–H groups in total. The van der Waals surface area contributed by atoms with E-state index in [-0.39, 0.29) is 24.0 Å². The lowest BCUT2D eigenvalue weighted by molar-refractivity contribution is 0.0625. The monoisotopic (exact) mass is 474 g/mol. The van der Waals surface area contributed by atoms with Crippen molar-refractivity contribution in [2.75, 3.05) is 58.9 Å². The van der Waals surface area contributed by atoms with Gasteiger partial charge in [0.25, 0.3) is 0 Å². The summed E-state index contributed by atoms with van der Waals surface area (Å²) in [5.74, 6) is 1.79. The normalized spacial score (nSPS) is 15.3. The number of nitrogens with one attached hydrogen (secondary N) is 1. The van der Waals surface area contributed by atoms with Gasteiger partial charge in [-0.2, -0.15) is 0 Å². The van der Waals surface area contributed by atoms with Gasteiger partial charge in [0.05, 0.1) is 0 Å². The lowest BCUT2D eigenvalue weighted by Gasteiger charge is -2.27. The van der Waals surface area contributed by atoms with Crippen LogP contribution < -0.4 is 10.2 Å². The van der Waals surface area contributed by atoms with Crippen molar-refractivity contribution in [2.45, 2.75) is 25.7 Å². The molecular formula is C20H35IN4O. The summed E-state index contributed by atoms with van der Waals surface area (Å²) in [4.78, 5) is 8.96. The minimum Gasteiger partial charge on any atom is -0.381 e. The number of aliphatic imine (C=N–C) groups is 1. The predicted octanol–water partition coefficient (Wildman–Crippen LogP) is 3.45. The summed E-state index contributed by atoms with van der Waals surface area (Å²) in [5.41, 5.74) is 1.26. The minimum atomic E-state index is 0. The van der Waals surface area contributed by atoms with Crippen LogP contribution in [0.1, 0.15) is 25.7 Å². The number of rotatable bonds is 8. The molecule has 0 aromatic heterocycles. The molecule has 1 aliphatic rings. The summed E-state index contributed by atoms with van der Waals surface area (Å²) in [6, 6.07) is 10.5. The highest BCUT2D eigenvalue weighted by molar-refractivity contribution is 14.0. The van der Waals surface area contributed by atoms with Crippen molar-refractivity contribution in [3.8, 4) is 0 Å². The molecule has 1 aromatic carbocycles. The fourth-order valence-electron chi connectivity index (χ4n) is 3.23. The van der Waals surface area contributed by atoms with Crippen LogP contribution in [0.2, 0.25) is 0 Å². The zero-order valence-corrected chi connectivity index (χ0v) is 18.8. The van der Waals surface area contributed by atoms with E-state index in [0.717, 1.165) is 51.1 Å². The standard InChI is InChI=1S/C20H34N4O.HI/c1-21-20(24(3)15-10-18-11-16-25-17-12-18)22-13-7-14-23(2)19-8-5-4-6-9-19;/h4-6,8-9,18H,7,10-17H2,1-3H3,(H,21,22);1H. The van der Waals surface area contributed by atoms with Crippen molar-refractivity contribution >= 4 is 35.6 Å². The van der Waals surface area contributed by atoms with E-state index in [1.54, 1.807) is 0 Å². The van der Waals surface area contributed by atoms with Gasteiger partial charge in [0.2, 0.25) is 0 Å². The van der Waals surface area contributed by atoms with Crippen LogP contribution in [0.15, 0.2) is 35.3 Å². The van der Waals surface area contributed by atoms with Crippen molar-refractivity contribution in [3.63, 3.8) is 0 Å². The van der Waals surface area contributed by atoms with Crippen molar-refractivity contribution in [2.24, 2.45) is 10.9 Å². The van der Waals surface area contributed by atoms with Gasteiger partial charge in [-0.15, -0.1) is 24.0 Å². The van der Waals surface area contributed by atoms with Gasteiger partial charge in [-0.3, -0.25) is 4.99 Å². The van der Waals surface area contributed by atoms with Gasteiger partial charge in [-0.1, -0.05) is 18.2 Å². The van der Waals surface area contributed by atoms with E-state index in [0.29, 0.717) is 0 Å². The zero-order chi connectivity index (χ0) is 17.9. The Bertz CT molecular complexity index is 506. The van der Waals surface area contributed by atoms with Gasteiger partial charge in [-0.25, -0.2) is 0 Å². The number of ether oxygens (including phenoxy) is 1. The molecule has 1 aliphatic heterocycles. The molecule has 0 amide bonds. The topological polar surface area (TPSA) is 40.1 Å². The zero-order valence-electron chi connectivity index (χ0n) is 16.5. The summed E-state index contributed by atoms with van der Waals surface area (Å²) in [6.45, 7) is 4.87. The molecule has 1 aromatic rings. The number of anilines is 1. The first kappa shape index (κ1) is 23.0. The number of hydrogen-bond donors (Lipinski definition) is 1. The quantitative estimate of drug-likeness (QED) is 0.271. The van der Waals surface area contributed by atoms with Crippen LogP contribution >= 0.6 is 24.0 Å². The number of para-hydroxylation sites is 1. The van der Waals surface area contributed by atoms with Crippen LogP contribution in [0.25, 0.3) is 0 Å². The molecule has 0 saturated carbocycles. The third-order valence-corrected chi connectivity index (χ3v) is 4.94. The first-order valence-corrected chi connectivity index (χ1v) is 9.46. The molecule has 0 unspecified atom stereocenters. The summed E-state index contributed by atoms with van der Waals surface area (Å²) in [7, 11) is 6.14. The molecule has 5 nitrogen and oxygen atoms in total. The summed E-state index contributed by atoms with van der Waals surface area (Å²) in [5, 5.41) is 3.49. The molecule has 0 aliphatic carbocycles. The third-order valence-electron chi connectivity index (χ3n) is 4.94. The molecule has 1 heterocycles. The highest BCUT2D eigenvalue weighted by Crippen LogP contribution is 2.18. The van der Waals surface area contributed by atoms with Crippen LogP contribution in [-0.2, 0) is 4.74 Å². The maximum Gasteiger partial charge on any atom is 0.193 e. The fourth-order valence-corrected chi connectivity index (χ4v) is 3.23. The fraction of sp³-hybridized carbons (Fsp3) is 0.650. The van der Waals surface area contributed by atoms with E-state index >= 15 is 0 Å². The maximum absolute atomic E-state index is 5.44. The van der Waals surface area contributed by atoms with Gasteiger partial charge in [0.1, 0.15) is 0 Å². The van der Waals surface area contributed by atoms with Gasteiger partial charge in [-0.05, 0) is 43.7 Å². The average Bonchev–Trinajstić information content (AvgIpc) is 2.67. The smallest absolute Gasteiger partial charge is 0.193 e. The van der Waals surface area contributed by atoms with Crippen molar-refractivity contribution < 1.29 is 4.74 Å². The Kier molecular flexibility index (Phi) is 11.7. The summed E-state index contributed by atoms with van der Waals surface area (Å²) < 4.78 is 5.44. The molecule has 1 fully saturated rings. The molecule has 26 heavy (non-hydrogen) atoms. The van der Waals surface area contributed by atoms with Gasteiger partial charge in [0, 0.05) is 59.7 Å². The largest absolute Gasteiger partial charge is 0.381 e. The molecular weight excluding hydrogens is 439 g/mol. The van der Waals surface area contributed by atoms with Crippen LogP contribution in [0.3, 0.4) is 0 Å². The van der Waals surface area contributed by atoms with Crippen LogP contribution in [0.5, 0.6) is 0 Å². The number of hydrogen-bond acceptors (Lipinski definition) is 3. The third kappa shape index (κ3) is 8.12. The summed E-state index contributed by atoms with van der Waals surface area (Å²) in [6.07, 6.45) is 4.70. The van der Waals surface area contributed by atoms with Crippen molar-refractivity contribution in [1.82, 2.24) is 10.2 Å². The molecule has 0 radical (unpaired) electrons. The second-order valence-corrected chi connectivity index (χ2v) is 6.85. The minimum absolute atomic E-state index is 0. The molecule has 0 bridgehead atoms. The molecule has 1 saturated heterocycles. The second-order valence-electron chi connectivity index (χ2n) is 6.85. The highest BCUT2D eigenvalue weighted by atomic mass is 127. The van der Waals surface area contributed by atoms with Crippen molar-refractivity contribution in [1.29, 1.82) is 0 Å². The number of nitrogens with zero attached hydrogens (tertiary/aromatic N) is 3. The van der Waals surface area contributed by atoms with Gasteiger partial charge in [0.15, 0.2) is 5.96 Å². The Morgan fingerprint density at radius 2 is 1.85 bits per heavy atom. The van der Waals surface area contributed by atoms with Crippen LogP contribution in [0.4, 0.5) is 5.69 Å². The van der Waals surface area contributed by atoms with E-state index < -0.39 is 0 Å². The first-order valence-electron chi connectivity index (χ1n) is 9.46. The first-order chi connectivity index (χ1) is 12.2. The Balaban J connectivity index is 0.00000338. The maximum atomic E-state index is 5.44. The van der Waals surface area contributed by atoms with Crippen LogP contribution in [0, 0.1) is 5.92 Å². The lowest BCUT2D eigenvalue weighted by Crippen LogP contribution is -2.41. The van der Waals surface area contributed by atoms with E-state index in [1.807, 2.05) is 7.05 Å². The summed E-state index contributed by atoms with van der Waals surface area (Å²) >= 11 is 0. The Morgan fingerprint density at radius 1 is 1.15 bits per heavy atom. The number of guanidine groups is 1. The lowest BCUT2D eigenvalue weighted by atomic mass is 9.96. The van der Waals surface area contributed by atoms with E-state index in [9.17, 15) is 0 Å². The SMILES string of the molecule is CN=C(NCCCN(C)c1ccccc1)N(C)CCC1CCOCC1.I. The van der Waals surface area contributed by atoms with Gasteiger partial charge < -0.3 is 19.9 Å². The van der Waals surface area contributed by atoms with Crippen molar-refractivity contribution in [3.05, 3.63) is 30.3 Å². The highest BCUT2D eigenvalue weighted by Gasteiger charge is 2.15. The van der Waals surface area contributed by atoms with Crippen LogP contribution in [-0.4, -0.2) is 64.9 Å². The average molecular weight is 474 g/mol. The Morgan fingerprint density at radius 3 is 2.50 bits per heavy atom. The molecule has 0 atom stereocenters. The second kappa shape index (κ2) is 13.2. The van der Waals surface area contributed by atoms with Gasteiger partial charge >= 0.3 is 0 Å². The molecule has 0 spiro atoms. The molecule has 6 heteroatoms. The van der Waals surface area contributed by atoms with E-state index in [1.165, 1.54) is 24.9 Å². The predicted molar refractivity (Wildman–Crippen MR) is 122 cm³/mol. The Hall–Kier alpha value is -1.02. The number of halogens is 1. The molecule has 2 rings (SSSR count). The van der Waals surface area contributed by atoms with E-state index in [2.05, 4.69) is 64.5 Å². The van der Waals surface area contributed by atoms with E-state index in [4.69, 9.17) is 4.74 Å². The molecule has 148 valence electrons. The number of benzene rings is 1. The Labute approximate surface area is 176 Å².